The highest BCUT2D eigenvalue weighted by atomic mass is 16.5. The van der Waals surface area contributed by atoms with Crippen LogP contribution in [0.4, 0.5) is 0 Å². The molecule has 1 N–H and O–H groups in total. The van der Waals surface area contributed by atoms with E-state index in [2.05, 4.69) is 10.1 Å². The van der Waals surface area contributed by atoms with E-state index in [9.17, 15) is 9.59 Å². The molecule has 0 aromatic heterocycles. The van der Waals surface area contributed by atoms with Crippen LogP contribution in [-0.4, -0.2) is 32.1 Å². The normalized spacial score (nSPS) is 11.6. The van der Waals surface area contributed by atoms with Gasteiger partial charge in [0.25, 0.3) is 5.91 Å². The molecule has 98 valence electrons. The molecule has 0 aliphatic carbocycles. The molecule has 1 rings (SSSR count). The number of rotatable bonds is 4. The van der Waals surface area contributed by atoms with Gasteiger partial charge in [-0.15, -0.1) is 0 Å². The fourth-order valence-corrected chi connectivity index (χ4v) is 1.48. The maximum absolute atomic E-state index is 11.9. The van der Waals surface area contributed by atoms with E-state index < -0.39 is 12.0 Å². The van der Waals surface area contributed by atoms with Gasteiger partial charge in [0.2, 0.25) is 0 Å². The molecular formula is C13H17NO4. The van der Waals surface area contributed by atoms with Gasteiger partial charge in [0.15, 0.2) is 0 Å². The van der Waals surface area contributed by atoms with Gasteiger partial charge in [-0.1, -0.05) is 6.07 Å². The number of benzene rings is 1. The molecule has 1 amide bonds. The van der Waals surface area contributed by atoms with Crippen LogP contribution >= 0.6 is 0 Å². The summed E-state index contributed by atoms with van der Waals surface area (Å²) in [5.41, 5.74) is 1.38. The van der Waals surface area contributed by atoms with Gasteiger partial charge in [0, 0.05) is 5.56 Å². The van der Waals surface area contributed by atoms with E-state index in [1.54, 1.807) is 32.2 Å². The smallest absolute Gasteiger partial charge is 0.328 e. The van der Waals surface area contributed by atoms with Gasteiger partial charge in [-0.3, -0.25) is 4.79 Å². The van der Waals surface area contributed by atoms with Crippen molar-refractivity contribution >= 4 is 11.9 Å². The summed E-state index contributed by atoms with van der Waals surface area (Å²) < 4.78 is 9.67. The molecule has 5 heteroatoms. The summed E-state index contributed by atoms with van der Waals surface area (Å²) in [7, 11) is 2.82. The lowest BCUT2D eigenvalue weighted by Gasteiger charge is -2.12. The van der Waals surface area contributed by atoms with Crippen molar-refractivity contribution in [1.82, 2.24) is 5.32 Å². The summed E-state index contributed by atoms with van der Waals surface area (Å²) in [6.07, 6.45) is 0. The molecule has 0 saturated heterocycles. The molecule has 0 heterocycles. The first-order chi connectivity index (χ1) is 8.49. The summed E-state index contributed by atoms with van der Waals surface area (Å²) in [5, 5.41) is 2.55. The van der Waals surface area contributed by atoms with Crippen molar-refractivity contribution in [3.05, 3.63) is 29.3 Å². The predicted octanol–water partition coefficient (Wildman–Crippen LogP) is 1.29. The first-order valence-electron chi connectivity index (χ1n) is 5.53. The van der Waals surface area contributed by atoms with Gasteiger partial charge in [0.1, 0.15) is 11.8 Å². The number of carbonyl (C=O) groups excluding carboxylic acids is 2. The molecule has 0 fully saturated rings. The van der Waals surface area contributed by atoms with E-state index >= 15 is 0 Å². The lowest BCUT2D eigenvalue weighted by Crippen LogP contribution is -2.39. The molecule has 0 spiro atoms. The first-order valence-corrected chi connectivity index (χ1v) is 5.53. The summed E-state index contributed by atoms with van der Waals surface area (Å²) in [6.45, 7) is 3.45. The quantitative estimate of drug-likeness (QED) is 0.819. The second kappa shape index (κ2) is 6.05. The van der Waals surface area contributed by atoms with Crippen molar-refractivity contribution in [3.8, 4) is 5.75 Å². The van der Waals surface area contributed by atoms with Crippen LogP contribution in [0.3, 0.4) is 0 Å². The monoisotopic (exact) mass is 251 g/mol. The van der Waals surface area contributed by atoms with Crippen molar-refractivity contribution in [2.75, 3.05) is 14.2 Å². The summed E-state index contributed by atoms with van der Waals surface area (Å²) in [6, 6.07) is 4.41. The zero-order valence-corrected chi connectivity index (χ0v) is 10.9. The molecular weight excluding hydrogens is 234 g/mol. The molecule has 18 heavy (non-hydrogen) atoms. The first kappa shape index (κ1) is 14.0. The predicted molar refractivity (Wildman–Crippen MR) is 66.7 cm³/mol. The molecule has 0 aliphatic rings. The number of hydrogen-bond donors (Lipinski definition) is 1. The third-order valence-electron chi connectivity index (χ3n) is 2.57. The minimum absolute atomic E-state index is 0.341. The third-order valence-corrected chi connectivity index (χ3v) is 2.57. The second-order valence-electron chi connectivity index (χ2n) is 3.90. The Morgan fingerprint density at radius 1 is 1.28 bits per heavy atom. The highest BCUT2D eigenvalue weighted by Gasteiger charge is 2.17. The number of aryl methyl sites for hydroxylation is 1. The standard InChI is InChI=1S/C13H17NO4/c1-8-5-6-10(7-11(8)17-3)12(15)14-9(2)13(16)18-4/h5-7,9H,1-4H3,(H,14,15). The Morgan fingerprint density at radius 2 is 1.94 bits per heavy atom. The SMILES string of the molecule is COC(=O)C(C)NC(=O)c1ccc(C)c(OC)c1. The maximum atomic E-state index is 11.9. The molecule has 1 atom stereocenters. The summed E-state index contributed by atoms with van der Waals surface area (Å²) in [4.78, 5) is 23.1. The van der Waals surface area contributed by atoms with Crippen molar-refractivity contribution in [2.24, 2.45) is 0 Å². The number of nitrogens with one attached hydrogen (secondary N) is 1. The van der Waals surface area contributed by atoms with E-state index in [1.807, 2.05) is 6.92 Å². The number of esters is 1. The Balaban J connectivity index is 2.81. The van der Waals surface area contributed by atoms with Crippen molar-refractivity contribution in [2.45, 2.75) is 19.9 Å². The fraction of sp³-hybridized carbons (Fsp3) is 0.385. The molecule has 0 bridgehead atoms. The summed E-state index contributed by atoms with van der Waals surface area (Å²) >= 11 is 0. The summed E-state index contributed by atoms with van der Waals surface area (Å²) in [5.74, 6) is -0.193. The van der Waals surface area contributed by atoms with Gasteiger partial charge in [-0.25, -0.2) is 4.79 Å². The number of amides is 1. The van der Waals surface area contributed by atoms with Crippen LogP contribution in [0.15, 0.2) is 18.2 Å². The highest BCUT2D eigenvalue weighted by Crippen LogP contribution is 2.18. The van der Waals surface area contributed by atoms with Crippen LogP contribution in [0, 0.1) is 6.92 Å². The van der Waals surface area contributed by atoms with Gasteiger partial charge >= 0.3 is 5.97 Å². The van der Waals surface area contributed by atoms with Crippen molar-refractivity contribution < 1.29 is 19.1 Å². The van der Waals surface area contributed by atoms with Crippen LogP contribution in [0.2, 0.25) is 0 Å². The minimum atomic E-state index is -0.685. The van der Waals surface area contributed by atoms with Crippen LogP contribution in [-0.2, 0) is 9.53 Å². The van der Waals surface area contributed by atoms with Crippen molar-refractivity contribution in [1.29, 1.82) is 0 Å². The Hall–Kier alpha value is -2.04. The lowest BCUT2D eigenvalue weighted by molar-refractivity contribution is -0.142. The van der Waals surface area contributed by atoms with Crippen LogP contribution in [0.25, 0.3) is 0 Å². The second-order valence-corrected chi connectivity index (χ2v) is 3.90. The Bertz CT molecular complexity index is 456. The van der Waals surface area contributed by atoms with Gasteiger partial charge < -0.3 is 14.8 Å². The van der Waals surface area contributed by atoms with Crippen LogP contribution in [0.1, 0.15) is 22.8 Å². The number of ether oxygens (including phenoxy) is 2. The fourth-order valence-electron chi connectivity index (χ4n) is 1.48. The van der Waals surface area contributed by atoms with E-state index in [0.29, 0.717) is 11.3 Å². The van der Waals surface area contributed by atoms with E-state index in [1.165, 1.54) is 7.11 Å². The Labute approximate surface area is 106 Å². The molecule has 1 unspecified atom stereocenters. The maximum Gasteiger partial charge on any atom is 0.328 e. The third kappa shape index (κ3) is 3.23. The van der Waals surface area contributed by atoms with E-state index in [0.717, 1.165) is 5.56 Å². The molecule has 1 aromatic rings. The Kier molecular flexibility index (Phi) is 4.71. The number of carbonyl (C=O) groups is 2. The van der Waals surface area contributed by atoms with Crippen LogP contribution < -0.4 is 10.1 Å². The number of methoxy groups -OCH3 is 2. The van der Waals surface area contributed by atoms with E-state index in [-0.39, 0.29) is 5.91 Å². The van der Waals surface area contributed by atoms with Crippen molar-refractivity contribution in [3.63, 3.8) is 0 Å². The molecule has 0 radical (unpaired) electrons. The molecule has 0 saturated carbocycles. The van der Waals surface area contributed by atoms with Gasteiger partial charge in [-0.2, -0.15) is 0 Å². The lowest BCUT2D eigenvalue weighted by atomic mass is 10.1. The topological polar surface area (TPSA) is 64.6 Å². The molecule has 1 aromatic carbocycles. The average molecular weight is 251 g/mol. The zero-order chi connectivity index (χ0) is 13.7. The van der Waals surface area contributed by atoms with Crippen LogP contribution in [0.5, 0.6) is 5.75 Å². The largest absolute Gasteiger partial charge is 0.496 e. The average Bonchev–Trinajstić information content (AvgIpc) is 2.37. The zero-order valence-electron chi connectivity index (χ0n) is 10.9. The highest BCUT2D eigenvalue weighted by molar-refractivity contribution is 5.97. The molecule has 0 aliphatic heterocycles. The Morgan fingerprint density at radius 3 is 2.50 bits per heavy atom. The minimum Gasteiger partial charge on any atom is -0.496 e. The van der Waals surface area contributed by atoms with E-state index in [4.69, 9.17) is 4.74 Å². The molecule has 5 nitrogen and oxygen atoms in total. The number of hydrogen-bond acceptors (Lipinski definition) is 4. The van der Waals surface area contributed by atoms with Gasteiger partial charge in [-0.05, 0) is 31.5 Å². The van der Waals surface area contributed by atoms with Gasteiger partial charge in [0.05, 0.1) is 14.2 Å².